The zero-order chi connectivity index (χ0) is 13.8. The van der Waals surface area contributed by atoms with Gasteiger partial charge in [-0.05, 0) is 19.4 Å². The molecule has 0 aliphatic heterocycles. The van der Waals surface area contributed by atoms with Crippen molar-refractivity contribution in [3.05, 3.63) is 35.9 Å². The molecular weight excluding hydrogens is 241 g/mol. The lowest BCUT2D eigenvalue weighted by Gasteiger charge is -2.35. The summed E-state index contributed by atoms with van der Waals surface area (Å²) < 4.78 is 38.7. The van der Waals surface area contributed by atoms with Gasteiger partial charge in [-0.25, -0.2) is 0 Å². The Bertz CT molecular complexity index is 349. The number of hydrogen-bond donors (Lipinski definition) is 1. The summed E-state index contributed by atoms with van der Waals surface area (Å²) in [5.41, 5.74) is 6.15. The molecule has 5 heteroatoms. The van der Waals surface area contributed by atoms with Gasteiger partial charge in [-0.3, -0.25) is 4.90 Å². The van der Waals surface area contributed by atoms with E-state index < -0.39 is 18.8 Å². The van der Waals surface area contributed by atoms with E-state index in [9.17, 15) is 13.2 Å². The molecule has 0 bridgehead atoms. The first-order valence-corrected chi connectivity index (χ1v) is 5.92. The van der Waals surface area contributed by atoms with Gasteiger partial charge in [0.15, 0.2) is 0 Å². The number of nitrogens with two attached hydrogens (primary N) is 1. The second-order valence-corrected chi connectivity index (χ2v) is 4.54. The monoisotopic (exact) mass is 260 g/mol. The number of hydrogen-bond acceptors (Lipinski definition) is 2. The molecule has 1 aromatic carbocycles. The van der Waals surface area contributed by atoms with Crippen LogP contribution in [0.25, 0.3) is 0 Å². The summed E-state index contributed by atoms with van der Waals surface area (Å²) in [6.45, 7) is 3.32. The molecule has 0 saturated heterocycles. The highest BCUT2D eigenvalue weighted by molar-refractivity contribution is 5.14. The van der Waals surface area contributed by atoms with Gasteiger partial charge in [0.2, 0.25) is 0 Å². The quantitative estimate of drug-likeness (QED) is 0.882. The zero-order valence-corrected chi connectivity index (χ0v) is 10.6. The second kappa shape index (κ2) is 6.20. The van der Waals surface area contributed by atoms with Crippen molar-refractivity contribution in [2.75, 3.05) is 6.54 Å². The SMILES string of the molecule is CC(C)N(Cc1ccccc1)C(CN)C(F)(F)F. The van der Waals surface area contributed by atoms with Crippen LogP contribution in [0.5, 0.6) is 0 Å². The first-order chi connectivity index (χ1) is 8.36. The normalized spacial score (nSPS) is 14.2. The lowest BCUT2D eigenvalue weighted by Crippen LogP contribution is -2.52. The Hall–Kier alpha value is -1.07. The fourth-order valence-electron chi connectivity index (χ4n) is 1.90. The molecule has 1 aromatic rings. The maximum absolute atomic E-state index is 12.9. The molecule has 18 heavy (non-hydrogen) atoms. The molecule has 0 fully saturated rings. The maximum Gasteiger partial charge on any atom is 0.405 e. The molecule has 0 spiro atoms. The number of alkyl halides is 3. The number of benzene rings is 1. The zero-order valence-electron chi connectivity index (χ0n) is 10.6. The van der Waals surface area contributed by atoms with Crippen molar-refractivity contribution in [3.63, 3.8) is 0 Å². The highest BCUT2D eigenvalue weighted by Crippen LogP contribution is 2.27. The largest absolute Gasteiger partial charge is 0.405 e. The molecule has 0 radical (unpaired) electrons. The minimum absolute atomic E-state index is 0.222. The van der Waals surface area contributed by atoms with Crippen molar-refractivity contribution in [2.45, 2.75) is 38.7 Å². The average Bonchev–Trinajstić information content (AvgIpc) is 2.28. The standard InChI is InChI=1S/C13H19F3N2/c1-10(2)18(12(8-17)13(14,15)16)9-11-6-4-3-5-7-11/h3-7,10,12H,8-9,17H2,1-2H3. The van der Waals surface area contributed by atoms with Crippen molar-refractivity contribution in [3.8, 4) is 0 Å². The summed E-state index contributed by atoms with van der Waals surface area (Å²) in [5, 5.41) is 0. The van der Waals surface area contributed by atoms with Crippen molar-refractivity contribution < 1.29 is 13.2 Å². The summed E-state index contributed by atoms with van der Waals surface area (Å²) in [6.07, 6.45) is -4.30. The van der Waals surface area contributed by atoms with Gasteiger partial charge in [-0.2, -0.15) is 13.2 Å². The summed E-state index contributed by atoms with van der Waals surface area (Å²) in [7, 11) is 0. The van der Waals surface area contributed by atoms with E-state index in [1.54, 1.807) is 13.8 Å². The van der Waals surface area contributed by atoms with Crippen LogP contribution in [0, 0.1) is 0 Å². The van der Waals surface area contributed by atoms with Crippen LogP contribution in [-0.4, -0.2) is 29.7 Å². The summed E-state index contributed by atoms with van der Waals surface area (Å²) in [6, 6.07) is 7.29. The van der Waals surface area contributed by atoms with E-state index in [-0.39, 0.29) is 12.6 Å². The Labute approximate surface area is 106 Å². The van der Waals surface area contributed by atoms with Crippen molar-refractivity contribution in [1.82, 2.24) is 4.90 Å². The Kier molecular flexibility index (Phi) is 5.16. The third-order valence-corrected chi connectivity index (χ3v) is 2.87. The molecule has 2 N–H and O–H groups in total. The number of nitrogens with zero attached hydrogens (tertiary/aromatic N) is 1. The van der Waals surface area contributed by atoms with E-state index >= 15 is 0 Å². The van der Waals surface area contributed by atoms with Gasteiger partial charge in [0.05, 0.1) is 0 Å². The first-order valence-electron chi connectivity index (χ1n) is 5.92. The van der Waals surface area contributed by atoms with Gasteiger partial charge < -0.3 is 5.73 Å². The minimum Gasteiger partial charge on any atom is -0.329 e. The van der Waals surface area contributed by atoms with Gasteiger partial charge in [-0.1, -0.05) is 30.3 Å². The van der Waals surface area contributed by atoms with Crippen LogP contribution in [0.1, 0.15) is 19.4 Å². The molecule has 1 unspecified atom stereocenters. The molecule has 0 heterocycles. The minimum atomic E-state index is -4.30. The third kappa shape index (κ3) is 3.99. The molecule has 0 aliphatic carbocycles. The highest BCUT2D eigenvalue weighted by Gasteiger charge is 2.43. The maximum atomic E-state index is 12.9. The average molecular weight is 260 g/mol. The van der Waals surface area contributed by atoms with Gasteiger partial charge in [0, 0.05) is 19.1 Å². The fraction of sp³-hybridized carbons (Fsp3) is 0.538. The Morgan fingerprint density at radius 3 is 2.11 bits per heavy atom. The molecular formula is C13H19F3N2. The van der Waals surface area contributed by atoms with E-state index in [1.165, 1.54) is 4.90 Å². The summed E-state index contributed by atoms with van der Waals surface area (Å²) in [4.78, 5) is 1.38. The van der Waals surface area contributed by atoms with Crippen molar-refractivity contribution in [1.29, 1.82) is 0 Å². The van der Waals surface area contributed by atoms with Crippen LogP contribution in [0.4, 0.5) is 13.2 Å². The van der Waals surface area contributed by atoms with Crippen molar-refractivity contribution in [2.24, 2.45) is 5.73 Å². The predicted molar refractivity (Wildman–Crippen MR) is 66.0 cm³/mol. The lowest BCUT2D eigenvalue weighted by atomic mass is 10.1. The molecule has 1 atom stereocenters. The molecule has 102 valence electrons. The van der Waals surface area contributed by atoms with E-state index in [1.807, 2.05) is 30.3 Å². The van der Waals surface area contributed by atoms with Crippen LogP contribution < -0.4 is 5.73 Å². The highest BCUT2D eigenvalue weighted by atomic mass is 19.4. The lowest BCUT2D eigenvalue weighted by molar-refractivity contribution is -0.187. The van der Waals surface area contributed by atoms with Crippen LogP contribution in [-0.2, 0) is 6.54 Å². The van der Waals surface area contributed by atoms with Gasteiger partial charge in [0.1, 0.15) is 6.04 Å². The van der Waals surface area contributed by atoms with Gasteiger partial charge in [-0.15, -0.1) is 0 Å². The number of rotatable bonds is 5. The Morgan fingerprint density at radius 2 is 1.72 bits per heavy atom. The van der Waals surface area contributed by atoms with E-state index in [0.717, 1.165) is 5.56 Å². The second-order valence-electron chi connectivity index (χ2n) is 4.54. The molecule has 0 saturated carbocycles. The predicted octanol–water partition coefficient (Wildman–Crippen LogP) is 2.79. The van der Waals surface area contributed by atoms with Crippen LogP contribution in [0.15, 0.2) is 30.3 Å². The summed E-state index contributed by atoms with van der Waals surface area (Å²) >= 11 is 0. The molecule has 0 aliphatic rings. The molecule has 2 nitrogen and oxygen atoms in total. The van der Waals surface area contributed by atoms with Gasteiger partial charge >= 0.3 is 6.18 Å². The molecule has 1 rings (SSSR count). The van der Waals surface area contributed by atoms with E-state index in [2.05, 4.69) is 0 Å². The van der Waals surface area contributed by atoms with Crippen LogP contribution in [0.2, 0.25) is 0 Å². The molecule has 0 aromatic heterocycles. The van der Waals surface area contributed by atoms with Crippen molar-refractivity contribution >= 4 is 0 Å². The fourth-order valence-corrected chi connectivity index (χ4v) is 1.90. The first kappa shape index (κ1) is 15.0. The number of halogens is 3. The topological polar surface area (TPSA) is 29.3 Å². The summed E-state index contributed by atoms with van der Waals surface area (Å²) in [5.74, 6) is 0. The van der Waals surface area contributed by atoms with Crippen LogP contribution in [0.3, 0.4) is 0 Å². The third-order valence-electron chi connectivity index (χ3n) is 2.87. The Balaban J connectivity index is 2.89. The van der Waals surface area contributed by atoms with E-state index in [0.29, 0.717) is 0 Å². The molecule has 0 amide bonds. The smallest absolute Gasteiger partial charge is 0.329 e. The van der Waals surface area contributed by atoms with Crippen LogP contribution >= 0.6 is 0 Å². The van der Waals surface area contributed by atoms with E-state index in [4.69, 9.17) is 5.73 Å². The van der Waals surface area contributed by atoms with Gasteiger partial charge in [0.25, 0.3) is 0 Å². The Morgan fingerprint density at radius 1 is 1.17 bits per heavy atom.